The normalized spacial score (nSPS) is 24.1. The molecule has 0 amide bonds. The minimum Gasteiger partial charge on any atom is -1.00 e. The van der Waals surface area contributed by atoms with Crippen LogP contribution in [0.15, 0.2) is 0 Å². The minimum absolute atomic E-state index is 0. The van der Waals surface area contributed by atoms with E-state index in [1.165, 1.54) is 0 Å². The zero-order valence-electron chi connectivity index (χ0n) is 6.72. The van der Waals surface area contributed by atoms with Gasteiger partial charge in [0, 0.05) is 0 Å². The van der Waals surface area contributed by atoms with Crippen molar-refractivity contribution in [2.24, 2.45) is 0 Å². The summed E-state index contributed by atoms with van der Waals surface area (Å²) in [4.78, 5) is 0. The van der Waals surface area contributed by atoms with E-state index >= 15 is 0 Å². The van der Waals surface area contributed by atoms with E-state index in [-0.39, 0.29) is 24.0 Å². The van der Waals surface area contributed by atoms with Crippen molar-refractivity contribution < 1.29 is 33.3 Å². The zero-order chi connectivity index (χ0) is 6.85. The van der Waals surface area contributed by atoms with Crippen molar-refractivity contribution in [3.63, 3.8) is 0 Å². The van der Waals surface area contributed by atoms with Crippen molar-refractivity contribution in [1.82, 2.24) is 0 Å². The van der Waals surface area contributed by atoms with Crippen LogP contribution in [0.5, 0.6) is 0 Å². The summed E-state index contributed by atoms with van der Waals surface area (Å²) in [6.45, 7) is 5.26. The molecule has 1 unspecified atom stereocenters. The van der Waals surface area contributed by atoms with Gasteiger partial charge in [-0.3, -0.25) is 0 Å². The van der Waals surface area contributed by atoms with Gasteiger partial charge in [0.25, 0.3) is 0 Å². The maximum atomic E-state index is 5.47. The lowest BCUT2D eigenvalue weighted by Crippen LogP contribution is -3.00. The van der Waals surface area contributed by atoms with Gasteiger partial charge in [-0.05, 0) is 6.92 Å². The van der Waals surface area contributed by atoms with E-state index in [2.05, 4.69) is 25.5 Å². The molecule has 1 atom stereocenters. The molecule has 0 aromatic heterocycles. The second-order valence-corrected chi connectivity index (χ2v) is 2.56. The van der Waals surface area contributed by atoms with E-state index in [4.69, 9.17) is 4.74 Å². The fraction of sp³-hybridized carbons (Fsp3) is 0.857. The molecule has 0 aromatic carbocycles. The van der Waals surface area contributed by atoms with Gasteiger partial charge in [0.05, 0.1) is 6.42 Å². The zero-order valence-corrected chi connectivity index (χ0v) is 8.88. The van der Waals surface area contributed by atoms with Crippen LogP contribution in [0.3, 0.4) is 0 Å². The number of ether oxygens (including phenoxy) is 1. The molecule has 0 fully saturated rings. The highest BCUT2D eigenvalue weighted by molar-refractivity contribution is 5.71. The first-order valence-corrected chi connectivity index (χ1v) is 3.47. The van der Waals surface area contributed by atoms with Crippen LogP contribution in [-0.4, -0.2) is 30.2 Å². The van der Waals surface area contributed by atoms with Gasteiger partial charge in [0.15, 0.2) is 12.6 Å². The fourth-order valence-electron chi connectivity index (χ4n) is 1.20. The van der Waals surface area contributed by atoms with Crippen LogP contribution in [0.2, 0.25) is 0 Å². The van der Waals surface area contributed by atoms with Crippen molar-refractivity contribution in [2.45, 2.75) is 26.4 Å². The van der Waals surface area contributed by atoms with Crippen molar-refractivity contribution >= 4 is 5.90 Å². The second kappa shape index (κ2) is 4.16. The Bertz CT molecular complexity index is 145. The average Bonchev–Trinajstić information content (AvgIpc) is 2.10. The summed E-state index contributed by atoms with van der Waals surface area (Å²) in [6, 6.07) is 0. The predicted octanol–water partition coefficient (Wildman–Crippen LogP) is -2.14. The Labute approximate surface area is 79.3 Å². The quantitative estimate of drug-likeness (QED) is 0.385. The molecule has 0 saturated heterocycles. The summed E-state index contributed by atoms with van der Waals surface area (Å²) >= 11 is 0. The van der Waals surface area contributed by atoms with Gasteiger partial charge in [0.1, 0.15) is 7.05 Å². The lowest BCUT2D eigenvalue weighted by atomic mass is 10.4. The van der Waals surface area contributed by atoms with E-state index in [1.54, 1.807) is 0 Å². The molecule has 1 heterocycles. The number of rotatable bonds is 1. The maximum Gasteiger partial charge on any atom is 0.336 e. The summed E-state index contributed by atoms with van der Waals surface area (Å²) in [5.41, 5.74) is 0. The maximum absolute atomic E-state index is 5.47. The van der Waals surface area contributed by atoms with E-state index < -0.39 is 0 Å². The number of likely N-dealkylation sites (N-methyl/N-ethyl adjacent to an activating group) is 1. The van der Waals surface area contributed by atoms with Gasteiger partial charge < -0.3 is 28.7 Å². The summed E-state index contributed by atoms with van der Waals surface area (Å²) in [7, 11) is 2.07. The molecule has 1 aliphatic heterocycles. The molecule has 0 radical (unpaired) electrons. The average molecular weight is 255 g/mol. The molecule has 60 valence electrons. The fourth-order valence-corrected chi connectivity index (χ4v) is 1.20. The molecular formula is C7H14INO. The number of hydrogen-bond acceptors (Lipinski definition) is 1. The van der Waals surface area contributed by atoms with Crippen LogP contribution in [0.4, 0.5) is 0 Å². The largest absolute Gasteiger partial charge is 1.00 e. The first kappa shape index (κ1) is 10.2. The summed E-state index contributed by atoms with van der Waals surface area (Å²) in [5.74, 6) is 1.13. The van der Waals surface area contributed by atoms with E-state index in [1.807, 2.05) is 0 Å². The minimum atomic E-state index is 0. The van der Waals surface area contributed by atoms with Crippen molar-refractivity contribution in [1.29, 1.82) is 0 Å². The predicted molar refractivity (Wildman–Crippen MR) is 36.9 cm³/mol. The van der Waals surface area contributed by atoms with E-state index in [0.29, 0.717) is 6.10 Å². The Morgan fingerprint density at radius 2 is 2.30 bits per heavy atom. The highest BCUT2D eigenvalue weighted by atomic mass is 127. The van der Waals surface area contributed by atoms with Gasteiger partial charge in [-0.25, -0.2) is 4.58 Å². The Morgan fingerprint density at radius 1 is 1.70 bits per heavy atom. The van der Waals surface area contributed by atoms with Gasteiger partial charge >= 0.3 is 5.90 Å². The topological polar surface area (TPSA) is 12.2 Å². The smallest absolute Gasteiger partial charge is 0.336 e. The van der Waals surface area contributed by atoms with E-state index in [0.717, 1.165) is 18.9 Å². The van der Waals surface area contributed by atoms with Crippen LogP contribution in [0.1, 0.15) is 20.3 Å². The standard InChI is InChI=1S/C7H14NO.HI/c1-4-7-8(3)5-6(2)9-7;/h6H,4-5H2,1-3H3;1H/q+1;/p-1. The molecule has 3 heteroatoms. The van der Waals surface area contributed by atoms with Gasteiger partial charge in [-0.15, -0.1) is 0 Å². The number of halogens is 1. The third-order valence-electron chi connectivity index (χ3n) is 1.60. The summed E-state index contributed by atoms with van der Waals surface area (Å²) in [5, 5.41) is 0. The van der Waals surface area contributed by atoms with Crippen molar-refractivity contribution in [3.8, 4) is 0 Å². The Kier molecular flexibility index (Phi) is 4.24. The molecule has 0 spiro atoms. The molecule has 0 saturated carbocycles. The highest BCUT2D eigenvalue weighted by Crippen LogP contribution is 2.03. The van der Waals surface area contributed by atoms with Crippen LogP contribution in [0, 0.1) is 0 Å². The highest BCUT2D eigenvalue weighted by Gasteiger charge is 2.24. The Morgan fingerprint density at radius 3 is 2.50 bits per heavy atom. The van der Waals surface area contributed by atoms with Gasteiger partial charge in [-0.1, -0.05) is 6.92 Å². The summed E-state index contributed by atoms with van der Waals surface area (Å²) in [6.07, 6.45) is 1.41. The lowest BCUT2D eigenvalue weighted by molar-refractivity contribution is -0.490. The first-order chi connectivity index (χ1) is 4.24. The second-order valence-electron chi connectivity index (χ2n) is 2.56. The van der Waals surface area contributed by atoms with Crippen LogP contribution in [0.25, 0.3) is 0 Å². The molecule has 0 N–H and O–H groups in total. The van der Waals surface area contributed by atoms with Crippen molar-refractivity contribution in [2.75, 3.05) is 13.6 Å². The van der Waals surface area contributed by atoms with Crippen molar-refractivity contribution in [3.05, 3.63) is 0 Å². The van der Waals surface area contributed by atoms with E-state index in [9.17, 15) is 0 Å². The van der Waals surface area contributed by atoms with Gasteiger partial charge in [-0.2, -0.15) is 0 Å². The van der Waals surface area contributed by atoms with Gasteiger partial charge in [0.2, 0.25) is 0 Å². The Balaban J connectivity index is 0.000000810. The summed E-state index contributed by atoms with van der Waals surface area (Å²) < 4.78 is 7.64. The molecule has 0 aliphatic carbocycles. The number of nitrogens with zero attached hydrogens (tertiary/aromatic N) is 1. The number of hydrogen-bond donors (Lipinski definition) is 0. The third kappa shape index (κ3) is 2.11. The molecule has 0 aromatic rings. The third-order valence-corrected chi connectivity index (χ3v) is 1.60. The molecular weight excluding hydrogens is 241 g/mol. The SMILES string of the molecule is CCC1=[N+](C)CC(C)O1.[I-]. The lowest BCUT2D eigenvalue weighted by Gasteiger charge is -1.95. The first-order valence-electron chi connectivity index (χ1n) is 3.47. The molecule has 1 aliphatic rings. The molecule has 10 heavy (non-hydrogen) atoms. The molecule has 2 nitrogen and oxygen atoms in total. The van der Waals surface area contributed by atoms with Crippen LogP contribution in [-0.2, 0) is 4.74 Å². The Hall–Kier alpha value is 0.200. The molecule has 1 rings (SSSR count). The van der Waals surface area contributed by atoms with Crippen LogP contribution >= 0.6 is 0 Å². The van der Waals surface area contributed by atoms with Crippen LogP contribution < -0.4 is 24.0 Å². The monoisotopic (exact) mass is 255 g/mol. The molecule has 0 bridgehead atoms.